The van der Waals surface area contributed by atoms with Crippen molar-refractivity contribution in [3.8, 4) is 0 Å². The maximum atomic E-state index is 11.4. The smallest absolute Gasteiger partial charge is 0.224 e. The Balaban J connectivity index is 1.74. The zero-order valence-corrected chi connectivity index (χ0v) is 8.92. The molecule has 2 heteroatoms. The maximum absolute atomic E-state index is 11.4. The van der Waals surface area contributed by atoms with Gasteiger partial charge in [0, 0.05) is 12.1 Å². The molecule has 0 spiro atoms. The fourth-order valence-corrected chi connectivity index (χ4v) is 2.55. The van der Waals surface area contributed by atoms with Crippen LogP contribution in [-0.4, -0.2) is 5.91 Å². The first-order valence-corrected chi connectivity index (χ1v) is 5.73. The first kappa shape index (κ1) is 8.96. The molecule has 15 heavy (non-hydrogen) atoms. The number of nitrogens with one attached hydrogen (secondary N) is 1. The summed E-state index contributed by atoms with van der Waals surface area (Å²) in [5, 5.41) is 2.94. The van der Waals surface area contributed by atoms with Crippen LogP contribution < -0.4 is 5.32 Å². The predicted octanol–water partition coefficient (Wildman–Crippen LogP) is 3.01. The number of benzene rings is 1. The van der Waals surface area contributed by atoms with Gasteiger partial charge in [0.15, 0.2) is 0 Å². The summed E-state index contributed by atoms with van der Waals surface area (Å²) in [6, 6.07) is 6.35. The van der Waals surface area contributed by atoms with Crippen LogP contribution in [0, 0.1) is 0 Å². The van der Waals surface area contributed by atoms with Gasteiger partial charge in [0.1, 0.15) is 0 Å². The summed E-state index contributed by atoms with van der Waals surface area (Å²) < 4.78 is 0. The Labute approximate surface area is 89.7 Å². The molecule has 2 aliphatic carbocycles. The molecule has 0 heterocycles. The summed E-state index contributed by atoms with van der Waals surface area (Å²) in [7, 11) is 0. The van der Waals surface area contributed by atoms with Gasteiger partial charge in [-0.15, -0.1) is 0 Å². The monoisotopic (exact) mass is 201 g/mol. The number of hydrogen-bond acceptors (Lipinski definition) is 1. The van der Waals surface area contributed by atoms with Gasteiger partial charge in [0.05, 0.1) is 0 Å². The Bertz CT molecular complexity index is 425. The zero-order valence-electron chi connectivity index (χ0n) is 8.92. The Kier molecular flexibility index (Phi) is 1.84. The second-order valence-corrected chi connectivity index (χ2v) is 4.59. The summed E-state index contributed by atoms with van der Waals surface area (Å²) in [6.45, 7) is 2.02. The standard InChI is InChI=1S/C13H15NO/c1-2-3-13(15)14-8-4-5-9-10(6-8)12-7-11(9)12/h4-6,11-12H,2-3,7H2,1H3,(H,14,15). The van der Waals surface area contributed by atoms with Crippen LogP contribution in [0.2, 0.25) is 0 Å². The largest absolute Gasteiger partial charge is 0.326 e. The van der Waals surface area contributed by atoms with Crippen LogP contribution >= 0.6 is 0 Å². The van der Waals surface area contributed by atoms with E-state index in [0.29, 0.717) is 6.42 Å². The molecule has 1 aromatic carbocycles. The summed E-state index contributed by atoms with van der Waals surface area (Å²) >= 11 is 0. The van der Waals surface area contributed by atoms with Gasteiger partial charge < -0.3 is 5.32 Å². The van der Waals surface area contributed by atoms with E-state index < -0.39 is 0 Å². The molecule has 2 aliphatic rings. The van der Waals surface area contributed by atoms with Crippen molar-refractivity contribution in [3.05, 3.63) is 29.3 Å². The van der Waals surface area contributed by atoms with Crippen LogP contribution in [0.1, 0.15) is 49.1 Å². The second-order valence-electron chi connectivity index (χ2n) is 4.59. The van der Waals surface area contributed by atoms with Crippen molar-refractivity contribution in [2.75, 3.05) is 5.32 Å². The van der Waals surface area contributed by atoms with Crippen molar-refractivity contribution in [2.24, 2.45) is 0 Å². The number of anilines is 1. The van der Waals surface area contributed by atoms with Gasteiger partial charge in [-0.1, -0.05) is 13.0 Å². The molecule has 2 unspecified atom stereocenters. The molecule has 1 aromatic rings. The number of amides is 1. The molecular formula is C13H15NO. The van der Waals surface area contributed by atoms with Gasteiger partial charge in [-0.25, -0.2) is 0 Å². The van der Waals surface area contributed by atoms with E-state index in [4.69, 9.17) is 0 Å². The molecule has 0 radical (unpaired) electrons. The SMILES string of the molecule is CCCC(=O)Nc1ccc2c(c1)C1CC21. The second kappa shape index (κ2) is 3.09. The molecular weight excluding hydrogens is 186 g/mol. The fourth-order valence-electron chi connectivity index (χ4n) is 2.55. The molecule has 1 saturated carbocycles. The molecule has 1 N–H and O–H groups in total. The van der Waals surface area contributed by atoms with Crippen molar-refractivity contribution in [2.45, 2.75) is 38.0 Å². The third-order valence-corrected chi connectivity index (χ3v) is 3.44. The van der Waals surface area contributed by atoms with Crippen molar-refractivity contribution in [1.82, 2.24) is 0 Å². The van der Waals surface area contributed by atoms with E-state index >= 15 is 0 Å². The van der Waals surface area contributed by atoms with E-state index in [1.54, 1.807) is 0 Å². The third-order valence-electron chi connectivity index (χ3n) is 3.44. The van der Waals surface area contributed by atoms with Crippen molar-refractivity contribution in [3.63, 3.8) is 0 Å². The first-order chi connectivity index (χ1) is 7.29. The van der Waals surface area contributed by atoms with Crippen molar-refractivity contribution < 1.29 is 4.79 Å². The normalized spacial score (nSPS) is 24.9. The number of rotatable bonds is 3. The molecule has 0 bridgehead atoms. The Morgan fingerprint density at radius 3 is 3.00 bits per heavy atom. The number of carbonyl (C=O) groups excluding carboxylic acids is 1. The highest BCUT2D eigenvalue weighted by Gasteiger charge is 2.50. The van der Waals surface area contributed by atoms with Gasteiger partial charge in [-0.2, -0.15) is 0 Å². The predicted molar refractivity (Wildman–Crippen MR) is 60.1 cm³/mol. The molecule has 0 saturated heterocycles. The van der Waals surface area contributed by atoms with Gasteiger partial charge in [-0.05, 0) is 47.9 Å². The number of carbonyl (C=O) groups is 1. The molecule has 0 aliphatic heterocycles. The van der Waals surface area contributed by atoms with Gasteiger partial charge >= 0.3 is 0 Å². The first-order valence-electron chi connectivity index (χ1n) is 5.73. The van der Waals surface area contributed by atoms with E-state index in [9.17, 15) is 4.79 Å². The molecule has 78 valence electrons. The van der Waals surface area contributed by atoms with Crippen LogP contribution in [0.3, 0.4) is 0 Å². The minimum atomic E-state index is 0.129. The summed E-state index contributed by atoms with van der Waals surface area (Å²) in [5.41, 5.74) is 3.94. The number of hydrogen-bond donors (Lipinski definition) is 1. The van der Waals surface area contributed by atoms with Crippen LogP contribution in [0.15, 0.2) is 18.2 Å². The highest BCUT2D eigenvalue weighted by molar-refractivity contribution is 5.91. The van der Waals surface area contributed by atoms with E-state index in [1.165, 1.54) is 17.5 Å². The van der Waals surface area contributed by atoms with E-state index in [1.807, 2.05) is 13.0 Å². The minimum Gasteiger partial charge on any atom is -0.326 e. The molecule has 0 aromatic heterocycles. The van der Waals surface area contributed by atoms with E-state index in [2.05, 4.69) is 17.4 Å². The fraction of sp³-hybridized carbons (Fsp3) is 0.462. The molecule has 3 rings (SSSR count). The van der Waals surface area contributed by atoms with Gasteiger partial charge in [0.25, 0.3) is 0 Å². The van der Waals surface area contributed by atoms with Crippen LogP contribution in [0.5, 0.6) is 0 Å². The average molecular weight is 201 g/mol. The summed E-state index contributed by atoms with van der Waals surface area (Å²) in [6.07, 6.45) is 2.85. The molecule has 2 atom stereocenters. The lowest BCUT2D eigenvalue weighted by Crippen LogP contribution is -2.12. The Morgan fingerprint density at radius 1 is 1.40 bits per heavy atom. The third kappa shape index (κ3) is 1.36. The lowest BCUT2D eigenvalue weighted by Gasteiger charge is -2.18. The van der Waals surface area contributed by atoms with Gasteiger partial charge in [0.2, 0.25) is 5.91 Å². The highest BCUT2D eigenvalue weighted by Crippen LogP contribution is 2.66. The summed E-state index contributed by atoms with van der Waals surface area (Å²) in [4.78, 5) is 11.4. The molecule has 2 nitrogen and oxygen atoms in total. The maximum Gasteiger partial charge on any atom is 0.224 e. The van der Waals surface area contributed by atoms with Crippen molar-refractivity contribution in [1.29, 1.82) is 0 Å². The molecule has 1 fully saturated rings. The quantitative estimate of drug-likeness (QED) is 0.800. The van der Waals surface area contributed by atoms with Crippen LogP contribution in [-0.2, 0) is 4.79 Å². The van der Waals surface area contributed by atoms with Gasteiger partial charge in [-0.3, -0.25) is 4.79 Å². The lowest BCUT2D eigenvalue weighted by molar-refractivity contribution is -0.116. The topological polar surface area (TPSA) is 29.1 Å². The molecule has 1 amide bonds. The highest BCUT2D eigenvalue weighted by atomic mass is 16.1. The zero-order chi connectivity index (χ0) is 10.4. The minimum absolute atomic E-state index is 0.129. The van der Waals surface area contributed by atoms with Crippen LogP contribution in [0.4, 0.5) is 5.69 Å². The average Bonchev–Trinajstić information content (AvgIpc) is 2.90. The Hall–Kier alpha value is -1.31. The van der Waals surface area contributed by atoms with Crippen molar-refractivity contribution >= 4 is 11.6 Å². The van der Waals surface area contributed by atoms with E-state index in [-0.39, 0.29) is 5.91 Å². The van der Waals surface area contributed by atoms with E-state index in [0.717, 1.165) is 23.9 Å². The lowest BCUT2D eigenvalue weighted by atomic mass is 9.88. The Morgan fingerprint density at radius 2 is 2.20 bits per heavy atom. The summed E-state index contributed by atoms with van der Waals surface area (Å²) in [5.74, 6) is 1.81. The number of fused-ring (bicyclic) bond motifs is 4. The van der Waals surface area contributed by atoms with Crippen LogP contribution in [0.25, 0.3) is 0 Å².